The van der Waals surface area contributed by atoms with Crippen molar-refractivity contribution >= 4 is 5.91 Å². The van der Waals surface area contributed by atoms with Crippen molar-refractivity contribution in [2.45, 2.75) is 25.8 Å². The maximum absolute atomic E-state index is 12.2. The zero-order valence-electron chi connectivity index (χ0n) is 14.8. The first-order valence-corrected chi connectivity index (χ1v) is 8.47. The minimum Gasteiger partial charge on any atom is -0.496 e. The van der Waals surface area contributed by atoms with Gasteiger partial charge in [-0.3, -0.25) is 4.79 Å². The fourth-order valence-electron chi connectivity index (χ4n) is 2.69. The molecule has 2 aromatic carbocycles. The van der Waals surface area contributed by atoms with Crippen molar-refractivity contribution in [3.8, 4) is 17.2 Å². The van der Waals surface area contributed by atoms with Crippen LogP contribution >= 0.6 is 0 Å². The molecule has 6 heteroatoms. The number of carbonyl (C=O) groups is 1. The van der Waals surface area contributed by atoms with Crippen molar-refractivity contribution in [1.29, 1.82) is 0 Å². The molecule has 1 atom stereocenters. The van der Waals surface area contributed by atoms with Crippen LogP contribution in [0.1, 0.15) is 30.8 Å². The number of ether oxygens (including phenoxy) is 1. The molecule has 0 aliphatic carbocycles. The minimum absolute atomic E-state index is 0.0807. The van der Waals surface area contributed by atoms with E-state index >= 15 is 0 Å². The second kappa shape index (κ2) is 8.29. The minimum atomic E-state index is -0.152. The molecule has 0 radical (unpaired) electrons. The zero-order chi connectivity index (χ0) is 18.4. The molecule has 1 aromatic heterocycles. The van der Waals surface area contributed by atoms with Gasteiger partial charge in [0.15, 0.2) is 0 Å². The number of para-hydroxylation sites is 1. The second-order valence-corrected chi connectivity index (χ2v) is 5.90. The normalized spacial score (nSPS) is 11.8. The van der Waals surface area contributed by atoms with Gasteiger partial charge < -0.3 is 14.5 Å². The van der Waals surface area contributed by atoms with E-state index in [9.17, 15) is 4.79 Å². The van der Waals surface area contributed by atoms with Gasteiger partial charge >= 0.3 is 0 Å². The average Bonchev–Trinajstić information content (AvgIpc) is 3.16. The highest BCUT2D eigenvalue weighted by Crippen LogP contribution is 2.24. The molecule has 0 bridgehead atoms. The monoisotopic (exact) mass is 351 g/mol. The summed E-state index contributed by atoms with van der Waals surface area (Å²) < 4.78 is 11.0. The van der Waals surface area contributed by atoms with E-state index in [0.717, 1.165) is 16.9 Å². The number of hydrogen-bond donors (Lipinski definition) is 1. The van der Waals surface area contributed by atoms with Gasteiger partial charge in [-0.1, -0.05) is 36.4 Å². The summed E-state index contributed by atoms with van der Waals surface area (Å²) in [5.74, 6) is 1.58. The Bertz CT molecular complexity index is 862. The Balaban J connectivity index is 1.55. The number of benzene rings is 2. The van der Waals surface area contributed by atoms with Crippen molar-refractivity contribution in [1.82, 2.24) is 15.5 Å². The number of nitrogens with one attached hydrogen (secondary N) is 1. The predicted octanol–water partition coefficient (Wildman–Crippen LogP) is 3.56. The first-order chi connectivity index (χ1) is 12.7. The first kappa shape index (κ1) is 17.7. The van der Waals surface area contributed by atoms with Crippen LogP contribution in [0.2, 0.25) is 0 Å². The van der Waals surface area contributed by atoms with E-state index in [0.29, 0.717) is 18.2 Å². The molecular weight excluding hydrogens is 330 g/mol. The Kier molecular flexibility index (Phi) is 5.63. The molecule has 0 fully saturated rings. The van der Waals surface area contributed by atoms with Crippen LogP contribution in [0.25, 0.3) is 11.5 Å². The summed E-state index contributed by atoms with van der Waals surface area (Å²) in [5, 5.41) is 11.0. The number of aromatic nitrogens is 2. The first-order valence-electron chi connectivity index (χ1n) is 8.47. The molecule has 3 rings (SSSR count). The number of nitrogens with zero attached hydrogens (tertiary/aromatic N) is 2. The number of aryl methyl sites for hydroxylation is 1. The molecule has 0 saturated carbocycles. The van der Waals surface area contributed by atoms with E-state index < -0.39 is 0 Å². The number of rotatable bonds is 7. The molecule has 0 spiro atoms. The van der Waals surface area contributed by atoms with E-state index in [1.165, 1.54) is 0 Å². The summed E-state index contributed by atoms with van der Waals surface area (Å²) in [7, 11) is 1.62. The second-order valence-electron chi connectivity index (χ2n) is 5.90. The molecule has 0 saturated heterocycles. The predicted molar refractivity (Wildman–Crippen MR) is 97.6 cm³/mol. The fourth-order valence-corrected chi connectivity index (χ4v) is 2.69. The Morgan fingerprint density at radius 2 is 1.85 bits per heavy atom. The van der Waals surface area contributed by atoms with Crippen LogP contribution in [0.15, 0.2) is 59.0 Å². The van der Waals surface area contributed by atoms with Crippen LogP contribution in [0.4, 0.5) is 0 Å². The van der Waals surface area contributed by atoms with Crippen molar-refractivity contribution in [2.75, 3.05) is 7.11 Å². The largest absolute Gasteiger partial charge is 0.496 e. The topological polar surface area (TPSA) is 77.2 Å². The Morgan fingerprint density at radius 3 is 2.62 bits per heavy atom. The average molecular weight is 351 g/mol. The highest BCUT2D eigenvalue weighted by molar-refractivity contribution is 5.76. The van der Waals surface area contributed by atoms with Crippen molar-refractivity contribution < 1.29 is 13.9 Å². The molecule has 0 aliphatic heterocycles. The summed E-state index contributed by atoms with van der Waals surface area (Å²) in [6, 6.07) is 17.0. The Hall–Kier alpha value is -3.15. The van der Waals surface area contributed by atoms with Crippen LogP contribution in [-0.4, -0.2) is 23.2 Å². The molecule has 1 N–H and O–H groups in total. The molecule has 134 valence electrons. The van der Waals surface area contributed by atoms with Gasteiger partial charge in [-0.25, -0.2) is 0 Å². The number of methoxy groups -OCH3 is 1. The quantitative estimate of drug-likeness (QED) is 0.704. The van der Waals surface area contributed by atoms with Gasteiger partial charge in [-0.2, -0.15) is 0 Å². The van der Waals surface area contributed by atoms with Gasteiger partial charge in [0.05, 0.1) is 13.2 Å². The van der Waals surface area contributed by atoms with Gasteiger partial charge in [0.2, 0.25) is 17.7 Å². The Morgan fingerprint density at radius 1 is 1.12 bits per heavy atom. The van der Waals surface area contributed by atoms with Crippen molar-refractivity contribution in [3.63, 3.8) is 0 Å². The fraction of sp³-hybridized carbons (Fsp3) is 0.250. The van der Waals surface area contributed by atoms with Crippen LogP contribution in [0.3, 0.4) is 0 Å². The lowest BCUT2D eigenvalue weighted by atomic mass is 10.1. The van der Waals surface area contributed by atoms with Crippen LogP contribution in [-0.2, 0) is 11.2 Å². The number of carbonyl (C=O) groups excluding carboxylic acids is 1. The molecule has 3 aromatic rings. The van der Waals surface area contributed by atoms with E-state index in [-0.39, 0.29) is 18.4 Å². The smallest absolute Gasteiger partial charge is 0.247 e. The summed E-state index contributed by atoms with van der Waals surface area (Å²) in [5.41, 5.74) is 1.80. The van der Waals surface area contributed by atoms with Gasteiger partial charge in [0, 0.05) is 24.0 Å². The van der Waals surface area contributed by atoms with Gasteiger partial charge in [-0.05, 0) is 25.1 Å². The molecule has 1 amide bonds. The third kappa shape index (κ3) is 4.27. The lowest BCUT2D eigenvalue weighted by Crippen LogP contribution is -2.27. The third-order valence-corrected chi connectivity index (χ3v) is 4.04. The zero-order valence-corrected chi connectivity index (χ0v) is 14.8. The summed E-state index contributed by atoms with van der Waals surface area (Å²) in [6.07, 6.45) is 0.667. The standard InChI is InChI=1S/C20H21N3O3/c1-14(16-10-6-7-11-17(16)25-2)21-18(24)12-13-19-22-23-20(26-19)15-8-4-3-5-9-15/h3-11,14H,12-13H2,1-2H3,(H,21,24). The van der Waals surface area contributed by atoms with Crippen molar-refractivity contribution in [2.24, 2.45) is 0 Å². The molecule has 0 aliphatic rings. The Labute approximate surface area is 152 Å². The maximum Gasteiger partial charge on any atom is 0.247 e. The lowest BCUT2D eigenvalue weighted by Gasteiger charge is -2.17. The van der Waals surface area contributed by atoms with E-state index in [2.05, 4.69) is 15.5 Å². The van der Waals surface area contributed by atoms with E-state index in [4.69, 9.17) is 9.15 Å². The molecule has 1 heterocycles. The molecule has 26 heavy (non-hydrogen) atoms. The summed E-state index contributed by atoms with van der Waals surface area (Å²) in [6.45, 7) is 1.93. The molecular formula is C20H21N3O3. The number of amides is 1. The van der Waals surface area contributed by atoms with Crippen LogP contribution < -0.4 is 10.1 Å². The highest BCUT2D eigenvalue weighted by atomic mass is 16.5. The number of hydrogen-bond acceptors (Lipinski definition) is 5. The summed E-state index contributed by atoms with van der Waals surface area (Å²) in [4.78, 5) is 12.2. The third-order valence-electron chi connectivity index (χ3n) is 4.04. The SMILES string of the molecule is COc1ccccc1C(C)NC(=O)CCc1nnc(-c2ccccc2)o1. The van der Waals surface area contributed by atoms with E-state index in [1.807, 2.05) is 61.5 Å². The molecule has 6 nitrogen and oxygen atoms in total. The van der Waals surface area contributed by atoms with E-state index in [1.54, 1.807) is 7.11 Å². The van der Waals surface area contributed by atoms with Crippen LogP contribution in [0, 0.1) is 0 Å². The van der Waals surface area contributed by atoms with Gasteiger partial charge in [0.1, 0.15) is 5.75 Å². The lowest BCUT2D eigenvalue weighted by molar-refractivity contribution is -0.121. The van der Waals surface area contributed by atoms with Gasteiger partial charge in [-0.15, -0.1) is 10.2 Å². The van der Waals surface area contributed by atoms with Gasteiger partial charge in [0.25, 0.3) is 0 Å². The highest BCUT2D eigenvalue weighted by Gasteiger charge is 2.15. The van der Waals surface area contributed by atoms with Crippen LogP contribution in [0.5, 0.6) is 5.75 Å². The maximum atomic E-state index is 12.2. The molecule has 1 unspecified atom stereocenters. The summed E-state index contributed by atoms with van der Waals surface area (Å²) >= 11 is 0. The van der Waals surface area contributed by atoms with Crippen molar-refractivity contribution in [3.05, 3.63) is 66.1 Å².